The number of carbonyl (C=O) groups excluding carboxylic acids is 2. The summed E-state index contributed by atoms with van der Waals surface area (Å²) in [7, 11) is 1.61. The number of rotatable bonds is 7. The van der Waals surface area contributed by atoms with Crippen molar-refractivity contribution in [2.45, 2.75) is 19.3 Å². The molecule has 0 bridgehead atoms. The fourth-order valence-corrected chi connectivity index (χ4v) is 4.99. The Balaban J connectivity index is 1.22. The molecule has 1 aliphatic rings. The van der Waals surface area contributed by atoms with Crippen molar-refractivity contribution in [3.63, 3.8) is 0 Å². The van der Waals surface area contributed by atoms with E-state index in [-0.39, 0.29) is 17.6 Å². The van der Waals surface area contributed by atoms with Crippen molar-refractivity contribution in [3.8, 4) is 17.0 Å². The van der Waals surface area contributed by atoms with Gasteiger partial charge in [-0.15, -0.1) is 0 Å². The maximum atomic E-state index is 14.1. The Morgan fingerprint density at radius 2 is 1.62 bits per heavy atom. The number of ether oxygens (including phenoxy) is 1. The van der Waals surface area contributed by atoms with Crippen molar-refractivity contribution in [2.75, 3.05) is 33.3 Å². The predicted octanol–water partition coefficient (Wildman–Crippen LogP) is 4.83. The van der Waals surface area contributed by atoms with E-state index in [1.165, 1.54) is 12.1 Å². The number of amides is 2. The summed E-state index contributed by atoms with van der Waals surface area (Å²) in [5.41, 5.74) is 4.63. The number of nitrogens with one attached hydrogen (secondary N) is 1. The van der Waals surface area contributed by atoms with Crippen molar-refractivity contribution < 1.29 is 18.7 Å². The Morgan fingerprint density at radius 3 is 2.35 bits per heavy atom. The summed E-state index contributed by atoms with van der Waals surface area (Å²) in [6, 6.07) is 22.1. The average molecular weight is 500 g/mol. The van der Waals surface area contributed by atoms with E-state index in [1.807, 2.05) is 64.4 Å². The minimum atomic E-state index is -0.298. The molecule has 1 N–H and O–H groups in total. The Hall–Kier alpha value is -4.13. The van der Waals surface area contributed by atoms with Crippen molar-refractivity contribution in [2.24, 2.45) is 0 Å². The summed E-state index contributed by atoms with van der Waals surface area (Å²) in [6.45, 7) is 2.05. The molecule has 1 aromatic heterocycles. The molecule has 0 saturated carbocycles. The van der Waals surface area contributed by atoms with Gasteiger partial charge in [-0.1, -0.05) is 42.5 Å². The lowest BCUT2D eigenvalue weighted by Crippen LogP contribution is -2.51. The molecule has 5 rings (SSSR count). The van der Waals surface area contributed by atoms with Crippen LogP contribution in [0.2, 0.25) is 0 Å². The van der Waals surface area contributed by atoms with Crippen LogP contribution in [-0.4, -0.2) is 59.9 Å². The summed E-state index contributed by atoms with van der Waals surface area (Å²) in [5, 5.41) is 0.805. The fraction of sp³-hybridized carbons (Fsp3) is 0.267. The number of hydrogen-bond acceptors (Lipinski definition) is 3. The summed E-state index contributed by atoms with van der Waals surface area (Å²) in [4.78, 5) is 33.0. The van der Waals surface area contributed by atoms with Gasteiger partial charge in [0.2, 0.25) is 11.8 Å². The molecule has 3 aromatic carbocycles. The highest BCUT2D eigenvalue weighted by atomic mass is 19.1. The second-order valence-electron chi connectivity index (χ2n) is 9.32. The van der Waals surface area contributed by atoms with Crippen LogP contribution >= 0.6 is 0 Å². The Kier molecular flexibility index (Phi) is 7.21. The molecule has 0 unspecified atom stereocenters. The van der Waals surface area contributed by atoms with Crippen molar-refractivity contribution >= 4 is 22.7 Å². The van der Waals surface area contributed by atoms with Crippen molar-refractivity contribution in [1.82, 2.24) is 14.8 Å². The van der Waals surface area contributed by atoms with Crippen LogP contribution < -0.4 is 4.74 Å². The highest BCUT2D eigenvalue weighted by Gasteiger charge is 2.25. The number of benzene rings is 3. The van der Waals surface area contributed by atoms with Gasteiger partial charge in [-0.2, -0.15) is 0 Å². The molecule has 2 amide bonds. The molecule has 2 heterocycles. The molecule has 190 valence electrons. The number of carbonyl (C=O) groups is 2. The van der Waals surface area contributed by atoms with Gasteiger partial charge >= 0.3 is 0 Å². The Labute approximate surface area is 215 Å². The number of piperazine rings is 1. The molecule has 1 saturated heterocycles. The summed E-state index contributed by atoms with van der Waals surface area (Å²) in [5.74, 6) is 0.529. The van der Waals surface area contributed by atoms with Gasteiger partial charge < -0.3 is 19.5 Å². The predicted molar refractivity (Wildman–Crippen MR) is 142 cm³/mol. The number of aromatic amines is 1. The lowest BCUT2D eigenvalue weighted by atomic mass is 10.0. The maximum Gasteiger partial charge on any atom is 0.227 e. The number of hydrogen-bond donors (Lipinski definition) is 1. The zero-order chi connectivity index (χ0) is 25.8. The first-order valence-electron chi connectivity index (χ1n) is 12.6. The van der Waals surface area contributed by atoms with Crippen LogP contribution in [0.1, 0.15) is 17.5 Å². The van der Waals surface area contributed by atoms with E-state index in [9.17, 15) is 14.0 Å². The number of H-pyrrole nitrogens is 1. The minimum absolute atomic E-state index is 0.0460. The first-order chi connectivity index (χ1) is 18.0. The zero-order valence-corrected chi connectivity index (χ0v) is 20.9. The molecule has 1 fully saturated rings. The van der Waals surface area contributed by atoms with Gasteiger partial charge in [0, 0.05) is 49.2 Å². The number of aryl methyl sites for hydroxylation is 1. The van der Waals surface area contributed by atoms with Crippen molar-refractivity contribution in [1.29, 1.82) is 0 Å². The van der Waals surface area contributed by atoms with Gasteiger partial charge in [-0.05, 0) is 53.4 Å². The quantitative estimate of drug-likeness (QED) is 0.396. The van der Waals surface area contributed by atoms with E-state index >= 15 is 0 Å². The molecule has 0 atom stereocenters. The highest BCUT2D eigenvalue weighted by molar-refractivity contribution is 5.91. The molecule has 6 nitrogen and oxygen atoms in total. The average Bonchev–Trinajstić information content (AvgIpc) is 3.30. The largest absolute Gasteiger partial charge is 0.497 e. The minimum Gasteiger partial charge on any atom is -0.497 e. The molecule has 1 aliphatic heterocycles. The molecule has 0 radical (unpaired) electrons. The first kappa shape index (κ1) is 24.6. The van der Waals surface area contributed by atoms with Crippen LogP contribution in [0, 0.1) is 5.82 Å². The standard InChI is InChI=1S/C30H30FN3O3/c1-37-24-9-5-6-21(18-24)19-29(36)34-16-14-33(15-17-34)28(35)13-11-25-26-20-23(31)10-12-27(26)32-30(25)22-7-3-2-4-8-22/h2-10,12,18,20,32H,11,13-17,19H2,1H3. The number of fused-ring (bicyclic) bond motifs is 1. The molecule has 4 aromatic rings. The summed E-state index contributed by atoms with van der Waals surface area (Å²) >= 11 is 0. The van der Waals surface area contributed by atoms with Gasteiger partial charge in [-0.3, -0.25) is 9.59 Å². The second kappa shape index (κ2) is 10.9. The SMILES string of the molecule is COc1cccc(CC(=O)N2CCN(C(=O)CCc3c(-c4ccccc4)[nH]c4ccc(F)cc34)CC2)c1. The van der Waals surface area contributed by atoms with Gasteiger partial charge in [0.15, 0.2) is 0 Å². The van der Waals surface area contributed by atoms with Gasteiger partial charge in [-0.25, -0.2) is 4.39 Å². The lowest BCUT2D eigenvalue weighted by Gasteiger charge is -2.35. The first-order valence-corrected chi connectivity index (χ1v) is 12.6. The van der Waals surface area contributed by atoms with E-state index in [0.29, 0.717) is 45.4 Å². The fourth-order valence-electron chi connectivity index (χ4n) is 4.99. The normalized spacial score (nSPS) is 13.7. The molecule has 7 heteroatoms. The van der Waals surface area contributed by atoms with E-state index < -0.39 is 0 Å². The molecule has 37 heavy (non-hydrogen) atoms. The second-order valence-corrected chi connectivity index (χ2v) is 9.32. The van der Waals surface area contributed by atoms with Crippen LogP contribution in [0.5, 0.6) is 5.75 Å². The Bertz CT molecular complexity index is 1410. The third-order valence-electron chi connectivity index (χ3n) is 6.99. The van der Waals surface area contributed by atoms with Gasteiger partial charge in [0.1, 0.15) is 11.6 Å². The van der Waals surface area contributed by atoms with Crippen LogP contribution in [0.3, 0.4) is 0 Å². The van der Waals surface area contributed by atoms with Crippen LogP contribution in [0.15, 0.2) is 72.8 Å². The number of nitrogens with zero attached hydrogens (tertiary/aromatic N) is 2. The third-order valence-corrected chi connectivity index (χ3v) is 6.99. The number of methoxy groups -OCH3 is 1. The lowest BCUT2D eigenvalue weighted by molar-refractivity contribution is -0.139. The topological polar surface area (TPSA) is 65.6 Å². The molecule has 0 aliphatic carbocycles. The van der Waals surface area contributed by atoms with Gasteiger partial charge in [0.25, 0.3) is 0 Å². The summed E-state index contributed by atoms with van der Waals surface area (Å²) in [6.07, 6.45) is 1.13. The van der Waals surface area contributed by atoms with Crippen LogP contribution in [-0.2, 0) is 22.4 Å². The van der Waals surface area contributed by atoms with E-state index in [4.69, 9.17) is 4.74 Å². The van der Waals surface area contributed by atoms with Crippen LogP contribution in [0.25, 0.3) is 22.2 Å². The van der Waals surface area contributed by atoms with E-state index in [0.717, 1.165) is 39.0 Å². The van der Waals surface area contributed by atoms with Crippen LogP contribution in [0.4, 0.5) is 4.39 Å². The third kappa shape index (κ3) is 5.50. The van der Waals surface area contributed by atoms with E-state index in [2.05, 4.69) is 4.98 Å². The monoisotopic (exact) mass is 499 g/mol. The number of halogens is 1. The zero-order valence-electron chi connectivity index (χ0n) is 20.9. The molecule has 0 spiro atoms. The smallest absolute Gasteiger partial charge is 0.227 e. The highest BCUT2D eigenvalue weighted by Crippen LogP contribution is 2.32. The summed E-state index contributed by atoms with van der Waals surface area (Å²) < 4.78 is 19.3. The maximum absolute atomic E-state index is 14.1. The van der Waals surface area contributed by atoms with Crippen molar-refractivity contribution in [3.05, 3.63) is 89.7 Å². The molecular weight excluding hydrogens is 469 g/mol. The Morgan fingerprint density at radius 1 is 0.892 bits per heavy atom. The van der Waals surface area contributed by atoms with Gasteiger partial charge in [0.05, 0.1) is 13.5 Å². The number of aromatic nitrogens is 1. The molecular formula is C30H30FN3O3. The van der Waals surface area contributed by atoms with E-state index in [1.54, 1.807) is 13.2 Å².